The number of hydrazine groups is 1. The third-order valence-electron chi connectivity index (χ3n) is 3.83. The zero-order valence-electron chi connectivity index (χ0n) is 12.0. The molecule has 0 aromatic carbocycles. The summed E-state index contributed by atoms with van der Waals surface area (Å²) < 4.78 is 0. The first-order valence-electron chi connectivity index (χ1n) is 6.97. The summed E-state index contributed by atoms with van der Waals surface area (Å²) in [4.78, 5) is 24.6. The van der Waals surface area contributed by atoms with E-state index in [0.717, 1.165) is 32.6 Å². The van der Waals surface area contributed by atoms with Crippen LogP contribution in [0.4, 0.5) is 5.82 Å². The van der Waals surface area contributed by atoms with Crippen molar-refractivity contribution >= 4 is 11.7 Å². The number of rotatable bonds is 4. The van der Waals surface area contributed by atoms with Crippen molar-refractivity contribution in [2.75, 3.05) is 31.6 Å². The van der Waals surface area contributed by atoms with Gasteiger partial charge in [0.25, 0.3) is 5.91 Å². The number of nitrogens with two attached hydrogens (primary N) is 1. The number of nitrogen functional groups attached to an aromatic ring is 1. The predicted molar refractivity (Wildman–Crippen MR) is 77.1 cm³/mol. The Morgan fingerprint density at radius 1 is 1.35 bits per heavy atom. The Balaban J connectivity index is 1.94. The van der Waals surface area contributed by atoms with Crippen LogP contribution in [0.5, 0.6) is 0 Å². The lowest BCUT2D eigenvalue weighted by atomic mass is 10.2. The second kappa shape index (κ2) is 6.62. The van der Waals surface area contributed by atoms with E-state index in [-0.39, 0.29) is 5.91 Å². The molecule has 1 unspecified atom stereocenters. The maximum atomic E-state index is 12.3. The summed E-state index contributed by atoms with van der Waals surface area (Å²) in [6.45, 7) is 7.71. The van der Waals surface area contributed by atoms with Crippen LogP contribution in [0.2, 0.25) is 0 Å². The number of carbonyl (C=O) groups excluding carboxylic acids is 1. The maximum Gasteiger partial charge on any atom is 0.274 e. The van der Waals surface area contributed by atoms with Crippen molar-refractivity contribution < 1.29 is 4.79 Å². The summed E-state index contributed by atoms with van der Waals surface area (Å²) in [5.74, 6) is 5.60. The quantitative estimate of drug-likeness (QED) is 0.609. The normalized spacial score (nSPS) is 17.9. The predicted octanol–water partition coefficient (Wildman–Crippen LogP) is 0.319. The van der Waals surface area contributed by atoms with Crippen molar-refractivity contribution in [3.63, 3.8) is 0 Å². The Hall–Kier alpha value is -1.73. The van der Waals surface area contributed by atoms with E-state index >= 15 is 0 Å². The summed E-state index contributed by atoms with van der Waals surface area (Å²) in [5, 5.41) is 0. The monoisotopic (exact) mass is 278 g/mol. The number of nitrogens with one attached hydrogen (secondary N) is 1. The lowest BCUT2D eigenvalue weighted by molar-refractivity contribution is 0.0574. The van der Waals surface area contributed by atoms with E-state index in [9.17, 15) is 4.79 Å². The fraction of sp³-hybridized carbons (Fsp3) is 0.615. The van der Waals surface area contributed by atoms with Gasteiger partial charge in [-0.1, -0.05) is 6.92 Å². The molecule has 3 N–H and O–H groups in total. The molecule has 1 aliphatic heterocycles. The highest BCUT2D eigenvalue weighted by Crippen LogP contribution is 2.11. The number of anilines is 1. The number of piperazine rings is 1. The molecule has 20 heavy (non-hydrogen) atoms. The molecule has 1 aromatic rings. The molecule has 1 atom stereocenters. The Kier molecular flexibility index (Phi) is 4.86. The highest BCUT2D eigenvalue weighted by Gasteiger charge is 2.24. The fourth-order valence-electron chi connectivity index (χ4n) is 2.30. The van der Waals surface area contributed by atoms with Gasteiger partial charge in [0.2, 0.25) is 0 Å². The van der Waals surface area contributed by atoms with Gasteiger partial charge in [-0.05, 0) is 13.3 Å². The minimum atomic E-state index is -0.0649. The maximum absolute atomic E-state index is 12.3. The molecule has 7 nitrogen and oxygen atoms in total. The number of amides is 1. The molecule has 1 amide bonds. The second-order valence-electron chi connectivity index (χ2n) is 5.02. The summed E-state index contributed by atoms with van der Waals surface area (Å²) in [6.07, 6.45) is 4.05. The molecule has 1 fully saturated rings. The first-order chi connectivity index (χ1) is 9.65. The molecule has 1 aliphatic rings. The highest BCUT2D eigenvalue weighted by molar-refractivity contribution is 5.92. The molecular formula is C13H22N6O. The molecule has 7 heteroatoms. The summed E-state index contributed by atoms with van der Waals surface area (Å²) in [5.41, 5.74) is 2.75. The highest BCUT2D eigenvalue weighted by atomic mass is 16.2. The van der Waals surface area contributed by atoms with Crippen LogP contribution in [0.1, 0.15) is 30.8 Å². The van der Waals surface area contributed by atoms with E-state index in [2.05, 4.69) is 34.1 Å². The average Bonchev–Trinajstić information content (AvgIpc) is 2.53. The van der Waals surface area contributed by atoms with Crippen LogP contribution in [0, 0.1) is 0 Å². The number of nitrogens with zero attached hydrogens (tertiary/aromatic N) is 4. The minimum absolute atomic E-state index is 0.0649. The van der Waals surface area contributed by atoms with Gasteiger partial charge in [0.15, 0.2) is 5.82 Å². The largest absolute Gasteiger partial charge is 0.335 e. The zero-order valence-corrected chi connectivity index (χ0v) is 12.0. The molecule has 0 bridgehead atoms. The summed E-state index contributed by atoms with van der Waals surface area (Å²) >= 11 is 0. The van der Waals surface area contributed by atoms with Crippen molar-refractivity contribution in [1.82, 2.24) is 19.8 Å². The van der Waals surface area contributed by atoms with Gasteiger partial charge in [-0.2, -0.15) is 0 Å². The Bertz CT molecular complexity index is 441. The fourth-order valence-corrected chi connectivity index (χ4v) is 2.30. The molecule has 1 saturated heterocycles. The third kappa shape index (κ3) is 3.23. The molecule has 2 rings (SSSR count). The van der Waals surface area contributed by atoms with E-state index in [1.165, 1.54) is 12.4 Å². The number of hydrogen-bond donors (Lipinski definition) is 2. The van der Waals surface area contributed by atoms with Gasteiger partial charge >= 0.3 is 0 Å². The molecule has 0 saturated carbocycles. The molecular weight excluding hydrogens is 256 g/mol. The number of hydrogen-bond acceptors (Lipinski definition) is 6. The van der Waals surface area contributed by atoms with Gasteiger partial charge in [0.05, 0.1) is 12.4 Å². The van der Waals surface area contributed by atoms with Crippen LogP contribution in [0.25, 0.3) is 0 Å². The van der Waals surface area contributed by atoms with Gasteiger partial charge in [0, 0.05) is 32.2 Å². The van der Waals surface area contributed by atoms with Crippen molar-refractivity contribution in [1.29, 1.82) is 0 Å². The number of carbonyl (C=O) groups is 1. The minimum Gasteiger partial charge on any atom is -0.335 e. The van der Waals surface area contributed by atoms with Gasteiger partial charge in [0.1, 0.15) is 5.69 Å². The summed E-state index contributed by atoms with van der Waals surface area (Å²) in [6, 6.07) is 0.571. The molecule has 0 radical (unpaired) electrons. The summed E-state index contributed by atoms with van der Waals surface area (Å²) in [7, 11) is 0. The Morgan fingerprint density at radius 2 is 2.05 bits per heavy atom. The van der Waals surface area contributed by atoms with Crippen molar-refractivity contribution in [2.24, 2.45) is 5.84 Å². The van der Waals surface area contributed by atoms with E-state index in [1.807, 2.05) is 4.90 Å². The van der Waals surface area contributed by atoms with Crippen LogP contribution in [-0.4, -0.2) is 57.9 Å². The molecule has 1 aromatic heterocycles. The van der Waals surface area contributed by atoms with Crippen LogP contribution in [-0.2, 0) is 0 Å². The standard InChI is InChI=1S/C13H22N6O/c1-3-10(2)18-4-6-19(7-5-18)13(20)11-8-16-12(17-14)9-15-11/h8-10H,3-7,14H2,1-2H3,(H,16,17). The first-order valence-corrected chi connectivity index (χ1v) is 6.97. The first kappa shape index (κ1) is 14.7. The smallest absolute Gasteiger partial charge is 0.274 e. The lowest BCUT2D eigenvalue weighted by Crippen LogP contribution is -2.51. The van der Waals surface area contributed by atoms with Crippen LogP contribution >= 0.6 is 0 Å². The SMILES string of the molecule is CCC(C)N1CCN(C(=O)c2cnc(NN)cn2)CC1. The third-order valence-corrected chi connectivity index (χ3v) is 3.83. The van der Waals surface area contributed by atoms with Gasteiger partial charge < -0.3 is 10.3 Å². The van der Waals surface area contributed by atoms with Crippen molar-refractivity contribution in [3.8, 4) is 0 Å². The molecule has 2 heterocycles. The molecule has 0 spiro atoms. The Labute approximate surface area is 119 Å². The van der Waals surface area contributed by atoms with Crippen molar-refractivity contribution in [2.45, 2.75) is 26.3 Å². The molecule has 0 aliphatic carbocycles. The van der Waals surface area contributed by atoms with Crippen LogP contribution < -0.4 is 11.3 Å². The van der Waals surface area contributed by atoms with Crippen LogP contribution in [0.3, 0.4) is 0 Å². The molecule has 110 valence electrons. The van der Waals surface area contributed by atoms with Crippen LogP contribution in [0.15, 0.2) is 12.4 Å². The van der Waals surface area contributed by atoms with Gasteiger partial charge in [-0.15, -0.1) is 0 Å². The average molecular weight is 278 g/mol. The number of aromatic nitrogens is 2. The van der Waals surface area contributed by atoms with Gasteiger partial charge in [-0.3, -0.25) is 9.69 Å². The Morgan fingerprint density at radius 3 is 2.55 bits per heavy atom. The van der Waals surface area contributed by atoms with E-state index < -0.39 is 0 Å². The van der Waals surface area contributed by atoms with Crippen molar-refractivity contribution in [3.05, 3.63) is 18.1 Å². The van der Waals surface area contributed by atoms with E-state index in [1.54, 1.807) is 0 Å². The second-order valence-corrected chi connectivity index (χ2v) is 5.02. The van der Waals surface area contributed by atoms with E-state index in [0.29, 0.717) is 17.6 Å². The van der Waals surface area contributed by atoms with E-state index in [4.69, 9.17) is 5.84 Å². The zero-order chi connectivity index (χ0) is 14.5. The lowest BCUT2D eigenvalue weighted by Gasteiger charge is -2.37. The topological polar surface area (TPSA) is 87.4 Å². The van der Waals surface area contributed by atoms with Gasteiger partial charge in [-0.25, -0.2) is 15.8 Å².